The van der Waals surface area contributed by atoms with Gasteiger partial charge in [-0.2, -0.15) is 0 Å². The minimum atomic E-state index is -3.78. The number of alkyl halides is 1. The zero-order chi connectivity index (χ0) is 18.4. The summed E-state index contributed by atoms with van der Waals surface area (Å²) in [5.74, 6) is 0. The summed E-state index contributed by atoms with van der Waals surface area (Å²) in [4.78, 5) is 24.2. The van der Waals surface area contributed by atoms with Crippen molar-refractivity contribution in [2.24, 2.45) is 0 Å². The van der Waals surface area contributed by atoms with Crippen LogP contribution < -0.4 is 11.2 Å². The summed E-state index contributed by atoms with van der Waals surface area (Å²) in [6.45, 7) is 5.20. The molecule has 3 heterocycles. The van der Waals surface area contributed by atoms with Gasteiger partial charge in [0.2, 0.25) is 0 Å². The van der Waals surface area contributed by atoms with E-state index >= 15 is 0 Å². The molecule has 0 aliphatic carbocycles. The molecule has 2 fully saturated rings. The highest BCUT2D eigenvalue weighted by Crippen LogP contribution is 2.60. The molecule has 0 radical (unpaired) electrons. The Kier molecular flexibility index (Phi) is 5.00. The highest BCUT2D eigenvalue weighted by Gasteiger charge is 2.60. The number of rotatable bonds is 4. The molecule has 6 atom stereocenters. The standard InChI is InChI=1S/C14H20ClN2O7P/c1-4-8(2)23-25(20)21-7-9-11(24-25)14(3,15)12(22-9)17-6-5-10(18)16-13(17)19/h5-6,8-9,11-12H,4,7H2,1-3H3,(H,16,18,19)/t8?,9-,11-,12-,14-,25+/m1/s1. The van der Waals surface area contributed by atoms with Crippen LogP contribution >= 0.6 is 19.4 Å². The molecule has 2 aliphatic rings. The van der Waals surface area contributed by atoms with Crippen molar-refractivity contribution in [1.82, 2.24) is 9.55 Å². The van der Waals surface area contributed by atoms with E-state index < -0.39 is 42.4 Å². The molecule has 1 aromatic heterocycles. The number of aromatic nitrogens is 2. The average Bonchev–Trinajstić information content (AvgIpc) is 2.78. The van der Waals surface area contributed by atoms with Crippen molar-refractivity contribution in [2.45, 2.75) is 56.6 Å². The van der Waals surface area contributed by atoms with Crippen LogP contribution in [0.5, 0.6) is 0 Å². The number of halogens is 1. The highest BCUT2D eigenvalue weighted by atomic mass is 35.5. The Labute approximate surface area is 148 Å². The normalized spacial score (nSPS) is 39.1. The van der Waals surface area contributed by atoms with Gasteiger partial charge in [0.1, 0.15) is 17.1 Å². The molecular weight excluding hydrogens is 375 g/mol. The number of H-pyrrole nitrogens is 1. The number of nitrogens with one attached hydrogen (secondary N) is 1. The maximum Gasteiger partial charge on any atom is 0.475 e. The lowest BCUT2D eigenvalue weighted by molar-refractivity contribution is -0.0756. The Morgan fingerprint density at radius 1 is 1.56 bits per heavy atom. The summed E-state index contributed by atoms with van der Waals surface area (Å²) >= 11 is 6.62. The fraction of sp³-hybridized carbons (Fsp3) is 0.714. The SMILES string of the molecule is CCC(C)O[P@]1(=O)OC[C@H]2O[C@@H](n3ccc(=O)[nH]c3=O)[C@](C)(Cl)[C@@H]2O1. The van der Waals surface area contributed by atoms with E-state index in [0.29, 0.717) is 6.42 Å². The number of phosphoric acid groups is 1. The molecule has 3 rings (SSSR count). The second-order valence-electron chi connectivity index (χ2n) is 6.29. The van der Waals surface area contributed by atoms with E-state index in [1.807, 2.05) is 6.92 Å². The first kappa shape index (κ1) is 18.8. The lowest BCUT2D eigenvalue weighted by atomic mass is 10.0. The van der Waals surface area contributed by atoms with E-state index in [2.05, 4.69) is 4.98 Å². The third-order valence-corrected chi connectivity index (χ3v) is 6.28. The van der Waals surface area contributed by atoms with Gasteiger partial charge in [0.15, 0.2) is 6.23 Å². The second-order valence-corrected chi connectivity index (χ2v) is 8.68. The third kappa shape index (κ3) is 3.49. The van der Waals surface area contributed by atoms with Crippen molar-refractivity contribution < 1.29 is 22.9 Å². The molecule has 0 spiro atoms. The fourth-order valence-corrected chi connectivity index (χ4v) is 4.93. The molecule has 140 valence electrons. The number of fused-ring (bicyclic) bond motifs is 1. The van der Waals surface area contributed by atoms with Crippen LogP contribution in [0.4, 0.5) is 0 Å². The van der Waals surface area contributed by atoms with Crippen LogP contribution in [0.3, 0.4) is 0 Å². The van der Waals surface area contributed by atoms with E-state index in [4.69, 9.17) is 29.9 Å². The van der Waals surface area contributed by atoms with Gasteiger partial charge in [-0.05, 0) is 20.3 Å². The topological polar surface area (TPSA) is 109 Å². The van der Waals surface area contributed by atoms with Crippen molar-refractivity contribution in [2.75, 3.05) is 6.61 Å². The molecule has 2 saturated heterocycles. The second kappa shape index (κ2) is 6.64. The summed E-state index contributed by atoms with van der Waals surface area (Å²) in [5.41, 5.74) is -1.19. The van der Waals surface area contributed by atoms with Gasteiger partial charge in [0, 0.05) is 12.3 Å². The first-order valence-electron chi connectivity index (χ1n) is 7.93. The average molecular weight is 395 g/mol. The van der Waals surface area contributed by atoms with Gasteiger partial charge in [-0.3, -0.25) is 27.9 Å². The molecule has 11 heteroatoms. The number of hydrogen-bond acceptors (Lipinski definition) is 7. The number of hydrogen-bond donors (Lipinski definition) is 1. The van der Waals surface area contributed by atoms with E-state index in [-0.39, 0.29) is 12.7 Å². The van der Waals surface area contributed by atoms with Gasteiger partial charge < -0.3 is 4.74 Å². The van der Waals surface area contributed by atoms with Crippen LogP contribution in [0, 0.1) is 0 Å². The van der Waals surface area contributed by atoms with Gasteiger partial charge in [0.25, 0.3) is 5.56 Å². The molecule has 25 heavy (non-hydrogen) atoms. The Balaban J connectivity index is 1.88. The van der Waals surface area contributed by atoms with Crippen molar-refractivity contribution in [3.63, 3.8) is 0 Å². The maximum absolute atomic E-state index is 12.7. The number of aromatic amines is 1. The summed E-state index contributed by atoms with van der Waals surface area (Å²) < 4.78 is 35.9. The van der Waals surface area contributed by atoms with Gasteiger partial charge in [-0.1, -0.05) is 6.92 Å². The largest absolute Gasteiger partial charge is 0.475 e. The molecular formula is C14H20ClN2O7P. The quantitative estimate of drug-likeness (QED) is 0.612. The molecule has 1 unspecified atom stereocenters. The van der Waals surface area contributed by atoms with E-state index in [1.165, 1.54) is 12.3 Å². The van der Waals surface area contributed by atoms with Gasteiger partial charge in [-0.15, -0.1) is 11.6 Å². The lowest BCUT2D eigenvalue weighted by Crippen LogP contribution is -2.45. The number of phosphoric ester groups is 1. The van der Waals surface area contributed by atoms with E-state index in [0.717, 1.165) is 4.57 Å². The van der Waals surface area contributed by atoms with Crippen LogP contribution in [0.1, 0.15) is 33.4 Å². The summed E-state index contributed by atoms with van der Waals surface area (Å²) in [5, 5.41) is 0. The van der Waals surface area contributed by atoms with Crippen molar-refractivity contribution in [3.05, 3.63) is 33.1 Å². The molecule has 2 aliphatic heterocycles. The predicted molar refractivity (Wildman–Crippen MR) is 88.8 cm³/mol. The molecule has 9 nitrogen and oxygen atoms in total. The van der Waals surface area contributed by atoms with Gasteiger partial charge in [0.05, 0.1) is 12.7 Å². The zero-order valence-electron chi connectivity index (χ0n) is 14.0. The molecule has 1 aromatic rings. The van der Waals surface area contributed by atoms with Crippen LogP contribution in [0.2, 0.25) is 0 Å². The Hall–Kier alpha value is -0.960. The predicted octanol–water partition coefficient (Wildman–Crippen LogP) is 1.77. The Bertz CT molecular complexity index is 807. The molecule has 1 N–H and O–H groups in total. The molecule has 0 saturated carbocycles. The lowest BCUT2D eigenvalue weighted by Gasteiger charge is -2.35. The van der Waals surface area contributed by atoms with Crippen LogP contribution in [0.15, 0.2) is 21.9 Å². The van der Waals surface area contributed by atoms with E-state index in [1.54, 1.807) is 13.8 Å². The van der Waals surface area contributed by atoms with Gasteiger partial charge >= 0.3 is 13.5 Å². The molecule has 0 bridgehead atoms. The van der Waals surface area contributed by atoms with Crippen LogP contribution in [-0.4, -0.2) is 39.3 Å². The number of nitrogens with zero attached hydrogens (tertiary/aromatic N) is 1. The summed E-state index contributed by atoms with van der Waals surface area (Å²) in [6, 6.07) is 1.19. The van der Waals surface area contributed by atoms with Crippen molar-refractivity contribution in [1.29, 1.82) is 0 Å². The first-order chi connectivity index (χ1) is 11.7. The van der Waals surface area contributed by atoms with Crippen molar-refractivity contribution >= 4 is 19.4 Å². The van der Waals surface area contributed by atoms with Crippen LogP contribution in [-0.2, 0) is 22.9 Å². The van der Waals surface area contributed by atoms with Gasteiger partial charge in [-0.25, -0.2) is 9.36 Å². The smallest absolute Gasteiger partial charge is 0.347 e. The summed E-state index contributed by atoms with van der Waals surface area (Å²) in [6.07, 6.45) is -0.777. The number of ether oxygens (including phenoxy) is 1. The monoisotopic (exact) mass is 394 g/mol. The Morgan fingerprint density at radius 2 is 2.28 bits per heavy atom. The Morgan fingerprint density at radius 3 is 2.92 bits per heavy atom. The first-order valence-corrected chi connectivity index (χ1v) is 9.77. The zero-order valence-corrected chi connectivity index (χ0v) is 15.7. The molecule has 0 aromatic carbocycles. The van der Waals surface area contributed by atoms with Crippen molar-refractivity contribution in [3.8, 4) is 0 Å². The molecule has 0 amide bonds. The third-order valence-electron chi connectivity index (χ3n) is 4.31. The van der Waals surface area contributed by atoms with Crippen LogP contribution in [0.25, 0.3) is 0 Å². The fourth-order valence-electron chi connectivity index (χ4n) is 2.81. The minimum absolute atomic E-state index is 0.0463. The summed E-state index contributed by atoms with van der Waals surface area (Å²) in [7, 11) is -3.78. The van der Waals surface area contributed by atoms with E-state index in [9.17, 15) is 14.2 Å². The minimum Gasteiger partial charge on any atom is -0.347 e. The highest BCUT2D eigenvalue weighted by molar-refractivity contribution is 7.48. The maximum atomic E-state index is 12.7.